The van der Waals surface area contributed by atoms with Gasteiger partial charge in [-0.2, -0.15) is 0 Å². The molecular formula is C14H10ClN3OS. The van der Waals surface area contributed by atoms with Gasteiger partial charge in [-0.15, -0.1) is 11.3 Å². The molecule has 1 aromatic carbocycles. The Hall–Kier alpha value is -1.98. The predicted octanol–water partition coefficient (Wildman–Crippen LogP) is 3.91. The Morgan fingerprint density at radius 1 is 1.25 bits per heavy atom. The molecule has 20 heavy (non-hydrogen) atoms. The van der Waals surface area contributed by atoms with E-state index in [0.717, 1.165) is 15.2 Å². The molecule has 0 bridgehead atoms. The van der Waals surface area contributed by atoms with Crippen LogP contribution >= 0.6 is 22.9 Å². The second-order valence-corrected chi connectivity index (χ2v) is 5.84. The third-order valence-corrected chi connectivity index (χ3v) is 3.85. The molecule has 0 radical (unpaired) electrons. The van der Waals surface area contributed by atoms with E-state index in [9.17, 15) is 4.79 Å². The minimum absolute atomic E-state index is 0.284. The van der Waals surface area contributed by atoms with Crippen LogP contribution in [0.15, 0.2) is 36.4 Å². The van der Waals surface area contributed by atoms with Crippen LogP contribution in [-0.4, -0.2) is 15.9 Å². The van der Waals surface area contributed by atoms with Gasteiger partial charge in [0.25, 0.3) is 5.91 Å². The smallest absolute Gasteiger partial charge is 0.274 e. The summed E-state index contributed by atoms with van der Waals surface area (Å²) in [5.74, 6) is -0.284. The minimum atomic E-state index is -0.284. The summed E-state index contributed by atoms with van der Waals surface area (Å²) in [6, 6.07) is 10.6. The van der Waals surface area contributed by atoms with E-state index in [1.165, 1.54) is 0 Å². The van der Waals surface area contributed by atoms with E-state index in [-0.39, 0.29) is 11.6 Å². The standard InChI is InChI=1S/C14H10ClN3OS/c1-8-16-10-6-5-9(7-12(10)20-8)17-14(19)11-3-2-4-13(15)18-11/h2-7H,1H3,(H,17,19). The summed E-state index contributed by atoms with van der Waals surface area (Å²) in [7, 11) is 0. The number of nitrogens with zero attached hydrogens (tertiary/aromatic N) is 2. The van der Waals surface area contributed by atoms with Crippen molar-refractivity contribution in [1.82, 2.24) is 9.97 Å². The zero-order valence-electron chi connectivity index (χ0n) is 10.6. The third kappa shape index (κ3) is 2.64. The lowest BCUT2D eigenvalue weighted by molar-refractivity contribution is 0.102. The maximum absolute atomic E-state index is 12.1. The van der Waals surface area contributed by atoms with Gasteiger partial charge in [0, 0.05) is 5.69 Å². The molecule has 1 N–H and O–H groups in total. The van der Waals surface area contributed by atoms with Crippen LogP contribution in [0.1, 0.15) is 15.5 Å². The van der Waals surface area contributed by atoms with E-state index in [0.29, 0.717) is 10.8 Å². The Morgan fingerprint density at radius 3 is 2.90 bits per heavy atom. The van der Waals surface area contributed by atoms with Crippen molar-refractivity contribution in [2.45, 2.75) is 6.92 Å². The number of nitrogens with one attached hydrogen (secondary N) is 1. The number of rotatable bonds is 2. The molecule has 1 amide bonds. The van der Waals surface area contributed by atoms with Gasteiger partial charge in [-0.05, 0) is 37.3 Å². The van der Waals surface area contributed by atoms with Gasteiger partial charge in [-0.1, -0.05) is 17.7 Å². The van der Waals surface area contributed by atoms with Crippen molar-refractivity contribution in [2.75, 3.05) is 5.32 Å². The van der Waals surface area contributed by atoms with E-state index in [1.807, 2.05) is 25.1 Å². The second kappa shape index (κ2) is 5.19. The maximum Gasteiger partial charge on any atom is 0.274 e. The van der Waals surface area contributed by atoms with E-state index in [4.69, 9.17) is 11.6 Å². The number of fused-ring (bicyclic) bond motifs is 1. The van der Waals surface area contributed by atoms with Crippen molar-refractivity contribution in [3.05, 3.63) is 52.3 Å². The fourth-order valence-corrected chi connectivity index (χ4v) is 2.88. The molecule has 0 saturated heterocycles. The highest BCUT2D eigenvalue weighted by molar-refractivity contribution is 7.18. The molecule has 0 aliphatic carbocycles. The quantitative estimate of drug-likeness (QED) is 0.730. The van der Waals surface area contributed by atoms with Crippen LogP contribution < -0.4 is 5.32 Å². The number of anilines is 1. The summed E-state index contributed by atoms with van der Waals surface area (Å²) in [5, 5.41) is 4.10. The van der Waals surface area contributed by atoms with Gasteiger partial charge in [-0.25, -0.2) is 9.97 Å². The van der Waals surface area contributed by atoms with E-state index in [2.05, 4.69) is 15.3 Å². The molecule has 2 heterocycles. The Morgan fingerprint density at radius 2 is 2.10 bits per heavy atom. The SMILES string of the molecule is Cc1nc2ccc(NC(=O)c3cccc(Cl)n3)cc2s1. The normalized spacial score (nSPS) is 10.7. The molecule has 0 spiro atoms. The first-order valence-electron chi connectivity index (χ1n) is 5.93. The van der Waals surface area contributed by atoms with Crippen molar-refractivity contribution in [3.8, 4) is 0 Å². The Bertz CT molecular complexity index is 800. The number of hydrogen-bond acceptors (Lipinski definition) is 4. The molecule has 6 heteroatoms. The largest absolute Gasteiger partial charge is 0.321 e. The molecule has 0 saturated carbocycles. The number of halogens is 1. The van der Waals surface area contributed by atoms with E-state index in [1.54, 1.807) is 29.5 Å². The first-order valence-corrected chi connectivity index (χ1v) is 7.12. The fraction of sp³-hybridized carbons (Fsp3) is 0.0714. The molecule has 0 fully saturated rings. The number of amides is 1. The molecule has 3 rings (SSSR count). The van der Waals surface area contributed by atoms with Crippen LogP contribution in [0.4, 0.5) is 5.69 Å². The fourth-order valence-electron chi connectivity index (χ4n) is 1.85. The van der Waals surface area contributed by atoms with Crippen LogP contribution in [0, 0.1) is 6.92 Å². The molecule has 100 valence electrons. The number of thiazole rings is 1. The van der Waals surface area contributed by atoms with Crippen LogP contribution in [0.3, 0.4) is 0 Å². The molecule has 0 aliphatic rings. The molecular weight excluding hydrogens is 294 g/mol. The molecule has 0 atom stereocenters. The Balaban J connectivity index is 1.87. The first kappa shape index (κ1) is 13.0. The van der Waals surface area contributed by atoms with Crippen molar-refractivity contribution in [2.24, 2.45) is 0 Å². The number of carbonyl (C=O) groups excluding carboxylic acids is 1. The van der Waals surface area contributed by atoms with Crippen molar-refractivity contribution in [1.29, 1.82) is 0 Å². The summed E-state index contributed by atoms with van der Waals surface area (Å²) in [4.78, 5) is 20.4. The number of pyridine rings is 1. The average molecular weight is 304 g/mol. The first-order chi connectivity index (χ1) is 9.61. The van der Waals surface area contributed by atoms with Gasteiger partial charge in [0.2, 0.25) is 0 Å². The van der Waals surface area contributed by atoms with Crippen LogP contribution in [0.2, 0.25) is 5.15 Å². The molecule has 4 nitrogen and oxygen atoms in total. The van der Waals surface area contributed by atoms with Crippen molar-refractivity contribution in [3.63, 3.8) is 0 Å². The summed E-state index contributed by atoms with van der Waals surface area (Å²) in [6.45, 7) is 1.96. The molecule has 2 aromatic heterocycles. The lowest BCUT2D eigenvalue weighted by atomic mass is 10.2. The number of hydrogen-bond donors (Lipinski definition) is 1. The van der Waals surface area contributed by atoms with E-state index < -0.39 is 0 Å². The number of aromatic nitrogens is 2. The van der Waals surface area contributed by atoms with Crippen LogP contribution in [-0.2, 0) is 0 Å². The second-order valence-electron chi connectivity index (χ2n) is 4.22. The number of carbonyl (C=O) groups is 1. The highest BCUT2D eigenvalue weighted by Gasteiger charge is 2.09. The summed E-state index contributed by atoms with van der Waals surface area (Å²) >= 11 is 7.37. The molecule has 0 unspecified atom stereocenters. The monoisotopic (exact) mass is 303 g/mol. The van der Waals surface area contributed by atoms with Gasteiger partial charge >= 0.3 is 0 Å². The zero-order chi connectivity index (χ0) is 14.1. The van der Waals surface area contributed by atoms with Crippen molar-refractivity contribution < 1.29 is 4.79 Å². The predicted molar refractivity (Wildman–Crippen MR) is 81.6 cm³/mol. The summed E-state index contributed by atoms with van der Waals surface area (Å²) < 4.78 is 1.04. The third-order valence-electron chi connectivity index (χ3n) is 2.70. The van der Waals surface area contributed by atoms with Crippen molar-refractivity contribution >= 4 is 44.7 Å². The Kier molecular flexibility index (Phi) is 3.38. The van der Waals surface area contributed by atoms with Gasteiger partial charge in [0.05, 0.1) is 15.2 Å². The highest BCUT2D eigenvalue weighted by atomic mass is 35.5. The summed E-state index contributed by atoms with van der Waals surface area (Å²) in [5.41, 5.74) is 1.94. The van der Waals surface area contributed by atoms with Gasteiger partial charge in [0.15, 0.2) is 0 Å². The minimum Gasteiger partial charge on any atom is -0.321 e. The van der Waals surface area contributed by atoms with Gasteiger partial charge in [-0.3, -0.25) is 4.79 Å². The summed E-state index contributed by atoms with van der Waals surface area (Å²) in [6.07, 6.45) is 0. The number of benzene rings is 1. The highest BCUT2D eigenvalue weighted by Crippen LogP contribution is 2.25. The lowest BCUT2D eigenvalue weighted by Crippen LogP contribution is -2.13. The Labute approximate surface area is 124 Å². The lowest BCUT2D eigenvalue weighted by Gasteiger charge is -2.04. The van der Waals surface area contributed by atoms with Crippen LogP contribution in [0.5, 0.6) is 0 Å². The molecule has 0 aliphatic heterocycles. The maximum atomic E-state index is 12.1. The van der Waals surface area contributed by atoms with Gasteiger partial charge < -0.3 is 5.32 Å². The zero-order valence-corrected chi connectivity index (χ0v) is 12.1. The van der Waals surface area contributed by atoms with Crippen LogP contribution in [0.25, 0.3) is 10.2 Å². The topological polar surface area (TPSA) is 54.9 Å². The van der Waals surface area contributed by atoms with Gasteiger partial charge in [0.1, 0.15) is 10.8 Å². The van der Waals surface area contributed by atoms with E-state index >= 15 is 0 Å². The number of aryl methyl sites for hydroxylation is 1. The average Bonchev–Trinajstić information content (AvgIpc) is 2.78. The molecule has 3 aromatic rings.